The Balaban J connectivity index is 1.67. The molecule has 2 aromatic heterocycles. The van der Waals surface area contributed by atoms with Crippen LogP contribution in [0.15, 0.2) is 30.9 Å². The molecule has 0 unspecified atom stereocenters. The highest BCUT2D eigenvalue weighted by molar-refractivity contribution is 5.91. The summed E-state index contributed by atoms with van der Waals surface area (Å²) >= 11 is 0. The van der Waals surface area contributed by atoms with Crippen molar-refractivity contribution in [2.45, 2.75) is 19.3 Å². The van der Waals surface area contributed by atoms with Crippen LogP contribution in [0.25, 0.3) is 0 Å². The van der Waals surface area contributed by atoms with Crippen molar-refractivity contribution in [1.29, 1.82) is 0 Å². The number of amides is 1. The third-order valence-electron chi connectivity index (χ3n) is 4.20. The number of carbonyl (C=O) groups excluding carboxylic acids is 1. The van der Waals surface area contributed by atoms with E-state index in [0.717, 1.165) is 44.0 Å². The van der Waals surface area contributed by atoms with Gasteiger partial charge in [-0.15, -0.1) is 0 Å². The van der Waals surface area contributed by atoms with E-state index in [0.29, 0.717) is 11.6 Å². The molecule has 1 atom stereocenters. The second kappa shape index (κ2) is 7.33. The smallest absolute Gasteiger partial charge is 0.272 e. The lowest BCUT2D eigenvalue weighted by molar-refractivity contribution is 0.0821. The molecule has 7 heteroatoms. The summed E-state index contributed by atoms with van der Waals surface area (Å²) in [5, 5.41) is 0. The van der Waals surface area contributed by atoms with E-state index in [1.165, 1.54) is 11.2 Å². The molecule has 0 aromatic carbocycles. The average Bonchev–Trinajstić information content (AvgIpc) is 2.62. The average molecular weight is 326 g/mol. The molecule has 1 fully saturated rings. The summed E-state index contributed by atoms with van der Waals surface area (Å²) in [6.45, 7) is 1.89. The van der Waals surface area contributed by atoms with Crippen molar-refractivity contribution >= 4 is 11.9 Å². The lowest BCUT2D eigenvalue weighted by atomic mass is 9.93. The highest BCUT2D eigenvalue weighted by Crippen LogP contribution is 2.22. The molecule has 1 saturated heterocycles. The molecule has 1 aliphatic heterocycles. The van der Waals surface area contributed by atoms with Crippen LogP contribution in [0.4, 0.5) is 5.95 Å². The first-order valence-electron chi connectivity index (χ1n) is 8.18. The van der Waals surface area contributed by atoms with E-state index < -0.39 is 0 Å². The van der Waals surface area contributed by atoms with Gasteiger partial charge in [0.25, 0.3) is 5.91 Å². The first-order chi connectivity index (χ1) is 11.6. The van der Waals surface area contributed by atoms with E-state index in [9.17, 15) is 4.79 Å². The van der Waals surface area contributed by atoms with Gasteiger partial charge in [-0.2, -0.15) is 0 Å². The summed E-state index contributed by atoms with van der Waals surface area (Å²) in [4.78, 5) is 32.9. The minimum atomic E-state index is -0.0957. The molecule has 1 aliphatic rings. The van der Waals surface area contributed by atoms with Crippen molar-refractivity contribution in [3.8, 4) is 0 Å². The Morgan fingerprint density at radius 2 is 2.04 bits per heavy atom. The molecule has 0 bridgehead atoms. The molecule has 0 N–H and O–H groups in total. The topological polar surface area (TPSA) is 75.1 Å². The standard InChI is InChI=1S/C17H22N6O/c1-22(2)16(24)15-10-14(20-12-21-15)9-13-5-3-8-23(11-13)17-18-6-4-7-19-17/h4,6-7,10,12-13H,3,5,8-9,11H2,1-2H3/t13-/m0/s1. The maximum Gasteiger partial charge on any atom is 0.272 e. The first-order valence-corrected chi connectivity index (χ1v) is 8.18. The lowest BCUT2D eigenvalue weighted by Gasteiger charge is -2.32. The van der Waals surface area contributed by atoms with Crippen LogP contribution in [0, 0.1) is 5.92 Å². The van der Waals surface area contributed by atoms with Crippen LogP contribution in [0.1, 0.15) is 29.0 Å². The molecule has 24 heavy (non-hydrogen) atoms. The van der Waals surface area contributed by atoms with Crippen molar-refractivity contribution in [2.75, 3.05) is 32.1 Å². The minimum Gasteiger partial charge on any atom is -0.343 e. The molecule has 0 spiro atoms. The predicted octanol–water partition coefficient (Wildman–Crippen LogP) is 1.43. The molecule has 0 saturated carbocycles. The Labute approximate surface area is 141 Å². The summed E-state index contributed by atoms with van der Waals surface area (Å²) in [5.41, 5.74) is 1.36. The van der Waals surface area contributed by atoms with Crippen LogP contribution in [0.3, 0.4) is 0 Å². The molecular weight excluding hydrogens is 304 g/mol. The zero-order valence-corrected chi connectivity index (χ0v) is 14.1. The van der Waals surface area contributed by atoms with Crippen molar-refractivity contribution in [2.24, 2.45) is 5.92 Å². The zero-order valence-electron chi connectivity index (χ0n) is 14.1. The predicted molar refractivity (Wildman–Crippen MR) is 90.7 cm³/mol. The zero-order chi connectivity index (χ0) is 16.9. The number of piperidine rings is 1. The van der Waals surface area contributed by atoms with Gasteiger partial charge in [-0.25, -0.2) is 19.9 Å². The van der Waals surface area contributed by atoms with Gasteiger partial charge in [0.2, 0.25) is 5.95 Å². The Morgan fingerprint density at radius 1 is 1.25 bits per heavy atom. The number of anilines is 1. The third kappa shape index (κ3) is 3.84. The van der Waals surface area contributed by atoms with E-state index in [1.54, 1.807) is 32.6 Å². The fraction of sp³-hybridized carbons (Fsp3) is 0.471. The summed E-state index contributed by atoms with van der Waals surface area (Å²) < 4.78 is 0. The highest BCUT2D eigenvalue weighted by atomic mass is 16.2. The largest absolute Gasteiger partial charge is 0.343 e. The van der Waals surface area contributed by atoms with Crippen molar-refractivity contribution in [3.05, 3.63) is 42.2 Å². The summed E-state index contributed by atoms with van der Waals surface area (Å²) in [6, 6.07) is 3.63. The summed E-state index contributed by atoms with van der Waals surface area (Å²) in [7, 11) is 3.45. The SMILES string of the molecule is CN(C)C(=O)c1cc(C[C@@H]2CCCN(c3ncccn3)C2)ncn1. The highest BCUT2D eigenvalue weighted by Gasteiger charge is 2.22. The van der Waals surface area contributed by atoms with Crippen molar-refractivity contribution < 1.29 is 4.79 Å². The van der Waals surface area contributed by atoms with Crippen LogP contribution in [-0.4, -0.2) is 57.9 Å². The van der Waals surface area contributed by atoms with Gasteiger partial charge in [0, 0.05) is 45.3 Å². The Bertz CT molecular complexity index is 690. The number of hydrogen-bond acceptors (Lipinski definition) is 6. The van der Waals surface area contributed by atoms with E-state index >= 15 is 0 Å². The van der Waals surface area contributed by atoms with E-state index in [1.807, 2.05) is 6.07 Å². The van der Waals surface area contributed by atoms with Gasteiger partial charge in [-0.05, 0) is 37.3 Å². The quantitative estimate of drug-likeness (QED) is 0.846. The van der Waals surface area contributed by atoms with E-state index in [-0.39, 0.29) is 5.91 Å². The molecule has 7 nitrogen and oxygen atoms in total. The molecule has 3 heterocycles. The Hall–Kier alpha value is -2.57. The van der Waals surface area contributed by atoms with Gasteiger partial charge in [-0.3, -0.25) is 4.79 Å². The second-order valence-corrected chi connectivity index (χ2v) is 6.30. The molecule has 0 aliphatic carbocycles. The lowest BCUT2D eigenvalue weighted by Crippen LogP contribution is -2.37. The molecular formula is C17H22N6O. The molecule has 126 valence electrons. The van der Waals surface area contributed by atoms with Gasteiger partial charge in [-0.1, -0.05) is 0 Å². The van der Waals surface area contributed by atoms with Crippen LogP contribution in [0.2, 0.25) is 0 Å². The number of rotatable bonds is 4. The molecule has 3 rings (SSSR count). The number of aromatic nitrogens is 4. The van der Waals surface area contributed by atoms with Crippen LogP contribution < -0.4 is 4.90 Å². The van der Waals surface area contributed by atoms with E-state index in [2.05, 4.69) is 24.8 Å². The van der Waals surface area contributed by atoms with Crippen LogP contribution in [0.5, 0.6) is 0 Å². The maximum absolute atomic E-state index is 12.0. The number of carbonyl (C=O) groups is 1. The minimum absolute atomic E-state index is 0.0957. The number of hydrogen-bond donors (Lipinski definition) is 0. The molecule has 0 radical (unpaired) electrons. The second-order valence-electron chi connectivity index (χ2n) is 6.30. The Morgan fingerprint density at radius 3 is 2.79 bits per heavy atom. The Kier molecular flexibility index (Phi) is 4.98. The fourth-order valence-electron chi connectivity index (χ4n) is 3.02. The maximum atomic E-state index is 12.0. The van der Waals surface area contributed by atoms with Crippen molar-refractivity contribution in [3.63, 3.8) is 0 Å². The van der Waals surface area contributed by atoms with Gasteiger partial charge in [0.05, 0.1) is 0 Å². The van der Waals surface area contributed by atoms with Crippen LogP contribution in [-0.2, 0) is 6.42 Å². The fourth-order valence-corrected chi connectivity index (χ4v) is 3.02. The van der Waals surface area contributed by atoms with Crippen molar-refractivity contribution in [1.82, 2.24) is 24.8 Å². The summed E-state index contributed by atoms with van der Waals surface area (Å²) in [6.07, 6.45) is 8.11. The monoisotopic (exact) mass is 326 g/mol. The normalized spacial score (nSPS) is 17.6. The van der Waals surface area contributed by atoms with E-state index in [4.69, 9.17) is 0 Å². The summed E-state index contributed by atoms with van der Waals surface area (Å²) in [5.74, 6) is 1.16. The van der Waals surface area contributed by atoms with Gasteiger partial charge in [0.1, 0.15) is 12.0 Å². The van der Waals surface area contributed by atoms with Gasteiger partial charge < -0.3 is 9.80 Å². The van der Waals surface area contributed by atoms with Crippen LogP contribution >= 0.6 is 0 Å². The van der Waals surface area contributed by atoms with Gasteiger partial charge >= 0.3 is 0 Å². The molecule has 1 amide bonds. The van der Waals surface area contributed by atoms with Gasteiger partial charge in [0.15, 0.2) is 0 Å². The first kappa shape index (κ1) is 16.3. The number of nitrogens with zero attached hydrogens (tertiary/aromatic N) is 6. The molecule has 2 aromatic rings. The third-order valence-corrected chi connectivity index (χ3v) is 4.20.